The number of hydrogen-bond donors (Lipinski definition) is 1. The van der Waals surface area contributed by atoms with Gasteiger partial charge in [-0.15, -0.1) is 0 Å². The first-order valence-electron chi connectivity index (χ1n) is 10.1. The molecule has 2 fully saturated rings. The number of carbonyl (C=O) groups is 2. The Bertz CT molecular complexity index is 691. The Morgan fingerprint density at radius 2 is 1.96 bits per heavy atom. The molecule has 3 aliphatic heterocycles. The third kappa shape index (κ3) is 4.26. The molecule has 0 spiro atoms. The number of carbonyl (C=O) groups excluding carboxylic acids is 2. The number of fused-ring (bicyclic) bond motifs is 1. The van der Waals surface area contributed by atoms with Gasteiger partial charge in [0, 0.05) is 32.2 Å². The van der Waals surface area contributed by atoms with Crippen LogP contribution in [0.4, 0.5) is 0 Å². The minimum absolute atomic E-state index is 0.0143. The molecule has 146 valence electrons. The van der Waals surface area contributed by atoms with Crippen molar-refractivity contribution >= 4 is 11.8 Å². The van der Waals surface area contributed by atoms with Gasteiger partial charge in [0.05, 0.1) is 6.61 Å². The maximum atomic E-state index is 12.5. The zero-order valence-electron chi connectivity index (χ0n) is 15.7. The number of hydrogen-bond acceptors (Lipinski definition) is 4. The van der Waals surface area contributed by atoms with Crippen molar-refractivity contribution in [1.82, 2.24) is 10.2 Å². The molecule has 0 saturated carbocycles. The normalized spacial score (nSPS) is 22.8. The maximum absolute atomic E-state index is 12.5. The van der Waals surface area contributed by atoms with Gasteiger partial charge in [-0.25, -0.2) is 0 Å². The van der Waals surface area contributed by atoms with E-state index in [2.05, 4.69) is 11.4 Å². The minimum atomic E-state index is -0.261. The molecular formula is C21H28N2O4. The van der Waals surface area contributed by atoms with E-state index in [4.69, 9.17) is 9.47 Å². The van der Waals surface area contributed by atoms with E-state index >= 15 is 0 Å². The standard InChI is InChI=1S/C21H28N2O4/c24-20(22-14-15-5-6-18-17(13-15)3-1-11-26-18)16-7-9-23(10-8-16)21(25)19-4-2-12-27-19/h5-6,13,16,19H,1-4,7-12,14H2,(H,22,24)/t19-/m1/s1. The summed E-state index contributed by atoms with van der Waals surface area (Å²) in [6, 6.07) is 6.16. The van der Waals surface area contributed by atoms with E-state index in [0.29, 0.717) is 26.2 Å². The van der Waals surface area contributed by atoms with E-state index < -0.39 is 0 Å². The summed E-state index contributed by atoms with van der Waals surface area (Å²) in [5.74, 6) is 1.15. The quantitative estimate of drug-likeness (QED) is 0.878. The third-order valence-electron chi connectivity index (χ3n) is 5.82. The molecule has 6 nitrogen and oxygen atoms in total. The van der Waals surface area contributed by atoms with Crippen LogP contribution in [0.5, 0.6) is 5.75 Å². The lowest BCUT2D eigenvalue weighted by molar-refractivity contribution is -0.143. The zero-order chi connectivity index (χ0) is 18.6. The van der Waals surface area contributed by atoms with E-state index in [0.717, 1.165) is 56.4 Å². The van der Waals surface area contributed by atoms with Crippen molar-refractivity contribution in [2.24, 2.45) is 5.92 Å². The van der Waals surface area contributed by atoms with Crippen molar-refractivity contribution in [2.75, 3.05) is 26.3 Å². The van der Waals surface area contributed by atoms with Crippen molar-refractivity contribution in [3.63, 3.8) is 0 Å². The molecule has 4 rings (SSSR count). The van der Waals surface area contributed by atoms with Gasteiger partial charge in [-0.3, -0.25) is 9.59 Å². The van der Waals surface area contributed by atoms with Gasteiger partial charge in [0.25, 0.3) is 5.91 Å². The Hall–Kier alpha value is -2.08. The molecule has 3 heterocycles. The lowest BCUT2D eigenvalue weighted by Gasteiger charge is -2.32. The molecule has 1 atom stereocenters. The molecule has 2 amide bonds. The van der Waals surface area contributed by atoms with Crippen molar-refractivity contribution in [2.45, 2.75) is 51.2 Å². The number of piperidine rings is 1. The molecule has 0 unspecified atom stereocenters. The molecule has 0 radical (unpaired) electrons. The van der Waals surface area contributed by atoms with Gasteiger partial charge >= 0.3 is 0 Å². The lowest BCUT2D eigenvalue weighted by Crippen LogP contribution is -2.46. The molecule has 0 aliphatic carbocycles. The van der Waals surface area contributed by atoms with E-state index in [1.54, 1.807) is 0 Å². The van der Waals surface area contributed by atoms with Gasteiger partial charge in [-0.05, 0) is 55.7 Å². The molecule has 2 saturated heterocycles. The summed E-state index contributed by atoms with van der Waals surface area (Å²) < 4.78 is 11.1. The molecular weight excluding hydrogens is 344 g/mol. The molecule has 27 heavy (non-hydrogen) atoms. The van der Waals surface area contributed by atoms with Crippen LogP contribution < -0.4 is 10.1 Å². The van der Waals surface area contributed by atoms with Crippen molar-refractivity contribution in [3.8, 4) is 5.75 Å². The Labute approximate surface area is 160 Å². The van der Waals surface area contributed by atoms with Crippen molar-refractivity contribution < 1.29 is 19.1 Å². The number of amides is 2. The van der Waals surface area contributed by atoms with E-state index in [9.17, 15) is 9.59 Å². The fourth-order valence-corrected chi connectivity index (χ4v) is 4.20. The van der Waals surface area contributed by atoms with E-state index in [-0.39, 0.29) is 23.8 Å². The Morgan fingerprint density at radius 3 is 2.74 bits per heavy atom. The van der Waals surface area contributed by atoms with Crippen LogP contribution in [0.15, 0.2) is 18.2 Å². The summed E-state index contributed by atoms with van der Waals surface area (Å²) in [5.41, 5.74) is 2.34. The van der Waals surface area contributed by atoms with E-state index in [1.807, 2.05) is 17.0 Å². The first-order valence-corrected chi connectivity index (χ1v) is 10.1. The van der Waals surface area contributed by atoms with Crippen LogP contribution in [0, 0.1) is 5.92 Å². The average molecular weight is 372 g/mol. The number of rotatable bonds is 4. The fourth-order valence-electron chi connectivity index (χ4n) is 4.20. The fraction of sp³-hybridized carbons (Fsp3) is 0.619. The predicted octanol–water partition coefficient (Wildman–Crippen LogP) is 2.05. The summed E-state index contributed by atoms with van der Waals surface area (Å²) in [7, 11) is 0. The lowest BCUT2D eigenvalue weighted by atomic mass is 9.95. The second kappa shape index (κ2) is 8.30. The van der Waals surface area contributed by atoms with Gasteiger partial charge in [0.15, 0.2) is 0 Å². The molecule has 1 N–H and O–H groups in total. The van der Waals surface area contributed by atoms with Crippen LogP contribution >= 0.6 is 0 Å². The molecule has 1 aromatic carbocycles. The van der Waals surface area contributed by atoms with Crippen molar-refractivity contribution in [1.29, 1.82) is 0 Å². The number of likely N-dealkylation sites (tertiary alicyclic amines) is 1. The monoisotopic (exact) mass is 372 g/mol. The number of nitrogens with one attached hydrogen (secondary N) is 1. The SMILES string of the molecule is O=C(NCc1ccc2c(c1)CCCO2)C1CCN(C(=O)[C@H]2CCCO2)CC1. The largest absolute Gasteiger partial charge is 0.493 e. The van der Waals surface area contributed by atoms with Crippen LogP contribution in [0.1, 0.15) is 43.2 Å². The van der Waals surface area contributed by atoms with E-state index in [1.165, 1.54) is 5.56 Å². The van der Waals surface area contributed by atoms with Crippen molar-refractivity contribution in [3.05, 3.63) is 29.3 Å². The summed E-state index contributed by atoms with van der Waals surface area (Å²) in [6.07, 6.45) is 5.06. The van der Waals surface area contributed by atoms with Crippen LogP contribution in [0.2, 0.25) is 0 Å². The van der Waals surface area contributed by atoms with Gasteiger partial charge in [-0.2, -0.15) is 0 Å². The number of ether oxygens (including phenoxy) is 2. The summed E-state index contributed by atoms with van der Waals surface area (Å²) in [5, 5.41) is 3.07. The second-order valence-electron chi connectivity index (χ2n) is 7.71. The summed E-state index contributed by atoms with van der Waals surface area (Å²) >= 11 is 0. The Morgan fingerprint density at radius 1 is 1.11 bits per heavy atom. The Kier molecular flexibility index (Phi) is 5.62. The van der Waals surface area contributed by atoms with Gasteiger partial charge < -0.3 is 19.7 Å². The second-order valence-corrected chi connectivity index (χ2v) is 7.71. The van der Waals surface area contributed by atoms with Gasteiger partial charge in [-0.1, -0.05) is 12.1 Å². The molecule has 0 aromatic heterocycles. The topological polar surface area (TPSA) is 67.9 Å². The third-order valence-corrected chi connectivity index (χ3v) is 5.82. The highest BCUT2D eigenvalue weighted by Crippen LogP contribution is 2.26. The van der Waals surface area contributed by atoms with Gasteiger partial charge in [0.1, 0.15) is 11.9 Å². The number of benzene rings is 1. The molecule has 3 aliphatic rings. The van der Waals surface area contributed by atoms with Crippen LogP contribution in [0.3, 0.4) is 0 Å². The highest BCUT2D eigenvalue weighted by Gasteiger charge is 2.32. The van der Waals surface area contributed by atoms with Crippen LogP contribution in [0.25, 0.3) is 0 Å². The highest BCUT2D eigenvalue weighted by atomic mass is 16.5. The molecule has 1 aromatic rings. The Balaban J connectivity index is 1.24. The minimum Gasteiger partial charge on any atom is -0.493 e. The first-order chi connectivity index (χ1) is 13.2. The highest BCUT2D eigenvalue weighted by molar-refractivity contribution is 5.82. The predicted molar refractivity (Wildman–Crippen MR) is 100 cm³/mol. The van der Waals surface area contributed by atoms with Crippen LogP contribution in [-0.2, 0) is 27.3 Å². The average Bonchev–Trinajstić information content (AvgIpc) is 3.26. The first kappa shape index (κ1) is 18.3. The molecule has 6 heteroatoms. The summed E-state index contributed by atoms with van der Waals surface area (Å²) in [4.78, 5) is 26.8. The zero-order valence-corrected chi connectivity index (χ0v) is 15.7. The van der Waals surface area contributed by atoms with Crippen LogP contribution in [-0.4, -0.2) is 49.1 Å². The maximum Gasteiger partial charge on any atom is 0.251 e. The smallest absolute Gasteiger partial charge is 0.251 e. The summed E-state index contributed by atoms with van der Waals surface area (Å²) in [6.45, 7) is 3.31. The number of nitrogens with zero attached hydrogens (tertiary/aromatic N) is 1. The van der Waals surface area contributed by atoms with Gasteiger partial charge in [0.2, 0.25) is 5.91 Å². The number of aryl methyl sites for hydroxylation is 1. The molecule has 0 bridgehead atoms.